The summed E-state index contributed by atoms with van der Waals surface area (Å²) in [5.74, 6) is 0.0245. The number of amides is 1. The van der Waals surface area contributed by atoms with Crippen LogP contribution < -0.4 is 10.6 Å². The van der Waals surface area contributed by atoms with E-state index < -0.39 is 0 Å². The highest BCUT2D eigenvalue weighted by Gasteiger charge is 2.22. The molecule has 1 fully saturated rings. The Labute approximate surface area is 89.9 Å². The minimum Gasteiger partial charge on any atom is -0.348 e. The zero-order valence-electron chi connectivity index (χ0n) is 8.86. The van der Waals surface area contributed by atoms with Gasteiger partial charge in [0.1, 0.15) is 0 Å². The average molecular weight is 204 g/mol. The van der Waals surface area contributed by atoms with Gasteiger partial charge in [-0.15, -0.1) is 0 Å². The Kier molecular flexibility index (Phi) is 3.02. The van der Waals surface area contributed by atoms with E-state index in [-0.39, 0.29) is 11.9 Å². The van der Waals surface area contributed by atoms with Crippen LogP contribution in [0.2, 0.25) is 0 Å². The first-order valence-corrected chi connectivity index (χ1v) is 5.35. The van der Waals surface area contributed by atoms with E-state index in [4.69, 9.17) is 0 Å². The summed E-state index contributed by atoms with van der Waals surface area (Å²) in [5.41, 5.74) is 0.733. The Morgan fingerprint density at radius 2 is 2.13 bits per heavy atom. The molecular weight excluding hydrogens is 188 g/mol. The van der Waals surface area contributed by atoms with Gasteiger partial charge in [-0.25, -0.2) is 0 Å². The zero-order chi connectivity index (χ0) is 10.7. The number of hydrogen-bond donors (Lipinski definition) is 2. The van der Waals surface area contributed by atoms with Crippen molar-refractivity contribution in [1.29, 1.82) is 0 Å². The molecule has 1 aliphatic rings. The Bertz CT molecular complexity index is 337. The van der Waals surface area contributed by atoms with Gasteiger partial charge in [-0.3, -0.25) is 4.79 Å². The van der Waals surface area contributed by atoms with E-state index in [1.54, 1.807) is 0 Å². The molecule has 80 valence electrons. The molecule has 3 heteroatoms. The highest BCUT2D eigenvalue weighted by molar-refractivity contribution is 5.94. The van der Waals surface area contributed by atoms with Gasteiger partial charge in [0.15, 0.2) is 0 Å². The first-order valence-electron chi connectivity index (χ1n) is 5.35. The van der Waals surface area contributed by atoms with Crippen LogP contribution >= 0.6 is 0 Å². The van der Waals surface area contributed by atoms with Gasteiger partial charge in [-0.1, -0.05) is 18.2 Å². The van der Waals surface area contributed by atoms with Crippen molar-refractivity contribution < 1.29 is 4.79 Å². The van der Waals surface area contributed by atoms with Gasteiger partial charge in [-0.2, -0.15) is 0 Å². The van der Waals surface area contributed by atoms with Crippen LogP contribution in [0.3, 0.4) is 0 Å². The van der Waals surface area contributed by atoms with Crippen LogP contribution in [0.4, 0.5) is 0 Å². The van der Waals surface area contributed by atoms with Gasteiger partial charge >= 0.3 is 0 Å². The predicted octanol–water partition coefficient (Wildman–Crippen LogP) is 1.17. The molecule has 0 bridgehead atoms. The third-order valence-electron chi connectivity index (χ3n) is 2.72. The fraction of sp³-hybridized carbons (Fsp3) is 0.417. The molecule has 2 N–H and O–H groups in total. The van der Waals surface area contributed by atoms with Gasteiger partial charge in [0, 0.05) is 24.2 Å². The molecule has 1 amide bonds. The van der Waals surface area contributed by atoms with Crippen LogP contribution in [-0.4, -0.2) is 24.5 Å². The lowest BCUT2D eigenvalue weighted by Gasteiger charge is -2.11. The van der Waals surface area contributed by atoms with Gasteiger partial charge in [0.2, 0.25) is 0 Å². The van der Waals surface area contributed by atoms with Crippen molar-refractivity contribution in [2.45, 2.75) is 25.4 Å². The van der Waals surface area contributed by atoms with Gasteiger partial charge in [0.05, 0.1) is 0 Å². The first-order chi connectivity index (χ1) is 7.25. The van der Waals surface area contributed by atoms with E-state index in [1.807, 2.05) is 30.3 Å². The number of rotatable bonds is 2. The summed E-state index contributed by atoms with van der Waals surface area (Å²) in [6.07, 6.45) is 1.01. The summed E-state index contributed by atoms with van der Waals surface area (Å²) >= 11 is 0. The molecule has 0 unspecified atom stereocenters. The molecule has 15 heavy (non-hydrogen) atoms. The second-order valence-corrected chi connectivity index (χ2v) is 4.08. The fourth-order valence-electron chi connectivity index (χ4n) is 1.91. The number of benzene rings is 1. The lowest BCUT2D eigenvalue weighted by atomic mass is 10.1. The molecule has 2 atom stereocenters. The topological polar surface area (TPSA) is 41.1 Å². The maximum Gasteiger partial charge on any atom is 0.251 e. The van der Waals surface area contributed by atoms with Crippen molar-refractivity contribution in [2.75, 3.05) is 6.54 Å². The average Bonchev–Trinajstić information content (AvgIpc) is 2.65. The molecule has 1 heterocycles. The maximum atomic E-state index is 11.8. The van der Waals surface area contributed by atoms with Crippen molar-refractivity contribution in [3.05, 3.63) is 35.9 Å². The van der Waals surface area contributed by atoms with E-state index >= 15 is 0 Å². The van der Waals surface area contributed by atoms with E-state index in [0.29, 0.717) is 6.04 Å². The summed E-state index contributed by atoms with van der Waals surface area (Å²) in [7, 11) is 0. The zero-order valence-corrected chi connectivity index (χ0v) is 8.86. The van der Waals surface area contributed by atoms with Gasteiger partial charge in [-0.05, 0) is 25.5 Å². The Hall–Kier alpha value is -1.35. The summed E-state index contributed by atoms with van der Waals surface area (Å²) in [6.45, 7) is 3.01. The van der Waals surface area contributed by atoms with Crippen LogP contribution in [0.5, 0.6) is 0 Å². The van der Waals surface area contributed by atoms with E-state index in [0.717, 1.165) is 18.5 Å². The molecular formula is C12H16N2O. The highest BCUT2D eigenvalue weighted by Crippen LogP contribution is 2.07. The molecule has 2 rings (SSSR count). The normalized spacial score (nSPS) is 25.1. The summed E-state index contributed by atoms with van der Waals surface area (Å²) in [5, 5.41) is 6.34. The molecule has 3 nitrogen and oxygen atoms in total. The number of carbonyl (C=O) groups is 1. The second-order valence-electron chi connectivity index (χ2n) is 4.08. The minimum atomic E-state index is 0.0245. The third kappa shape index (κ3) is 2.57. The van der Waals surface area contributed by atoms with E-state index in [1.165, 1.54) is 0 Å². The van der Waals surface area contributed by atoms with Crippen LogP contribution in [0.25, 0.3) is 0 Å². The lowest BCUT2D eigenvalue weighted by molar-refractivity contribution is 0.0940. The molecule has 1 saturated heterocycles. The predicted molar refractivity (Wildman–Crippen MR) is 59.8 cm³/mol. The second kappa shape index (κ2) is 4.45. The number of hydrogen-bond acceptors (Lipinski definition) is 2. The van der Waals surface area contributed by atoms with Gasteiger partial charge in [0.25, 0.3) is 5.91 Å². The molecule has 0 aliphatic carbocycles. The minimum absolute atomic E-state index is 0.0245. The van der Waals surface area contributed by atoms with Crippen molar-refractivity contribution in [2.24, 2.45) is 0 Å². The molecule has 1 aliphatic heterocycles. The van der Waals surface area contributed by atoms with Crippen molar-refractivity contribution in [1.82, 2.24) is 10.6 Å². The van der Waals surface area contributed by atoms with Crippen LogP contribution in [-0.2, 0) is 0 Å². The van der Waals surface area contributed by atoms with E-state index in [9.17, 15) is 4.79 Å². The molecule has 0 spiro atoms. The monoisotopic (exact) mass is 204 g/mol. The maximum absolute atomic E-state index is 11.8. The molecule has 0 saturated carbocycles. The highest BCUT2D eigenvalue weighted by atomic mass is 16.1. The summed E-state index contributed by atoms with van der Waals surface area (Å²) in [4.78, 5) is 11.8. The van der Waals surface area contributed by atoms with Crippen molar-refractivity contribution in [3.8, 4) is 0 Å². The first kappa shape index (κ1) is 10.2. The van der Waals surface area contributed by atoms with Gasteiger partial charge < -0.3 is 10.6 Å². The Morgan fingerprint density at radius 1 is 1.40 bits per heavy atom. The van der Waals surface area contributed by atoms with Crippen molar-refractivity contribution in [3.63, 3.8) is 0 Å². The largest absolute Gasteiger partial charge is 0.348 e. The Morgan fingerprint density at radius 3 is 2.73 bits per heavy atom. The Balaban J connectivity index is 1.93. The summed E-state index contributed by atoms with van der Waals surface area (Å²) in [6, 6.07) is 10.1. The molecule has 1 aromatic carbocycles. The molecule has 1 aromatic rings. The number of carbonyl (C=O) groups excluding carboxylic acids is 1. The van der Waals surface area contributed by atoms with E-state index in [2.05, 4.69) is 17.6 Å². The molecule has 0 aromatic heterocycles. The smallest absolute Gasteiger partial charge is 0.251 e. The lowest BCUT2D eigenvalue weighted by Crippen LogP contribution is -2.36. The van der Waals surface area contributed by atoms with Crippen LogP contribution in [0, 0.1) is 0 Å². The standard InChI is InChI=1S/C12H16N2O/c1-9-7-11(8-13-9)14-12(15)10-5-3-2-4-6-10/h2-6,9,11,13H,7-8H2,1H3,(H,14,15)/t9-,11-/m1/s1. The van der Waals surface area contributed by atoms with Crippen molar-refractivity contribution >= 4 is 5.91 Å². The molecule has 0 radical (unpaired) electrons. The fourth-order valence-corrected chi connectivity index (χ4v) is 1.91. The third-order valence-corrected chi connectivity index (χ3v) is 2.72. The number of nitrogens with one attached hydrogen (secondary N) is 2. The van der Waals surface area contributed by atoms with Crippen LogP contribution in [0.1, 0.15) is 23.7 Å². The quantitative estimate of drug-likeness (QED) is 0.759. The SMILES string of the molecule is C[C@@H]1C[C@@H](NC(=O)c2ccccc2)CN1. The summed E-state index contributed by atoms with van der Waals surface area (Å²) < 4.78 is 0. The van der Waals surface area contributed by atoms with Crippen LogP contribution in [0.15, 0.2) is 30.3 Å².